The molecule has 0 fully saturated rings. The van der Waals surface area contributed by atoms with Crippen LogP contribution in [0.1, 0.15) is 12.1 Å². The molecule has 1 aromatic carbocycles. The van der Waals surface area contributed by atoms with E-state index in [0.29, 0.717) is 17.2 Å². The van der Waals surface area contributed by atoms with Gasteiger partial charge >= 0.3 is 0 Å². The molecule has 2 rings (SSSR count). The van der Waals surface area contributed by atoms with E-state index in [1.165, 1.54) is 11.3 Å². The van der Waals surface area contributed by atoms with Crippen LogP contribution in [0.15, 0.2) is 23.6 Å². The fourth-order valence-electron chi connectivity index (χ4n) is 2.40. The van der Waals surface area contributed by atoms with E-state index < -0.39 is 0 Å². The molecule has 0 spiro atoms. The van der Waals surface area contributed by atoms with E-state index in [-0.39, 0.29) is 25.0 Å². The van der Waals surface area contributed by atoms with Crippen molar-refractivity contribution in [1.29, 1.82) is 0 Å². The molecule has 0 saturated carbocycles. The first-order valence-electron chi connectivity index (χ1n) is 8.17. The van der Waals surface area contributed by atoms with Crippen LogP contribution >= 0.6 is 23.1 Å². The van der Waals surface area contributed by atoms with Gasteiger partial charge in [0, 0.05) is 10.9 Å². The minimum Gasteiger partial charge on any atom is -0.493 e. The summed E-state index contributed by atoms with van der Waals surface area (Å²) in [6.07, 6.45) is 2.94. The molecular formula is C18H24N2O4S2. The SMILES string of the molecule is COc1ccc(-c2nc(CC(=O)N[C@H](CO)CCSC)cs2)cc1OC. The third kappa shape index (κ3) is 5.62. The molecular weight excluding hydrogens is 372 g/mol. The van der Waals surface area contributed by atoms with Crippen LogP contribution in [0.5, 0.6) is 11.5 Å². The van der Waals surface area contributed by atoms with Crippen LogP contribution in [0, 0.1) is 0 Å². The second-order valence-electron chi connectivity index (χ2n) is 5.62. The number of aromatic nitrogens is 1. The highest BCUT2D eigenvalue weighted by molar-refractivity contribution is 7.98. The van der Waals surface area contributed by atoms with Crippen LogP contribution in [-0.4, -0.2) is 54.9 Å². The molecule has 2 aromatic rings. The molecule has 6 nitrogen and oxygen atoms in total. The Balaban J connectivity index is 2.02. The van der Waals surface area contributed by atoms with E-state index in [4.69, 9.17) is 9.47 Å². The van der Waals surface area contributed by atoms with Gasteiger partial charge in [0.25, 0.3) is 0 Å². The van der Waals surface area contributed by atoms with Gasteiger partial charge in [0.15, 0.2) is 11.5 Å². The van der Waals surface area contributed by atoms with Gasteiger partial charge in [0.05, 0.1) is 39.0 Å². The maximum absolute atomic E-state index is 12.2. The third-order valence-electron chi connectivity index (χ3n) is 3.78. The number of methoxy groups -OCH3 is 2. The Bertz CT molecular complexity index is 721. The molecule has 1 heterocycles. The van der Waals surface area contributed by atoms with Crippen molar-refractivity contribution in [2.45, 2.75) is 18.9 Å². The quantitative estimate of drug-likeness (QED) is 0.643. The van der Waals surface area contributed by atoms with E-state index in [2.05, 4.69) is 10.3 Å². The number of thiazole rings is 1. The Morgan fingerprint density at radius 1 is 1.35 bits per heavy atom. The van der Waals surface area contributed by atoms with Crippen molar-refractivity contribution in [3.8, 4) is 22.1 Å². The monoisotopic (exact) mass is 396 g/mol. The number of nitrogens with zero attached hydrogens (tertiary/aromatic N) is 1. The van der Waals surface area contributed by atoms with E-state index >= 15 is 0 Å². The molecule has 1 amide bonds. The summed E-state index contributed by atoms with van der Waals surface area (Å²) in [5, 5.41) is 14.9. The molecule has 0 bridgehead atoms. The van der Waals surface area contributed by atoms with Gasteiger partial charge in [0.2, 0.25) is 5.91 Å². The minimum absolute atomic E-state index is 0.0553. The average Bonchev–Trinajstić information content (AvgIpc) is 3.12. The number of carbonyl (C=O) groups is 1. The van der Waals surface area contributed by atoms with E-state index in [1.807, 2.05) is 29.8 Å². The molecule has 142 valence electrons. The standard InChI is InChI=1S/C18H24N2O4S2/c1-23-15-5-4-12(8-16(15)24-2)18-20-14(11-26-18)9-17(22)19-13(10-21)6-7-25-3/h4-5,8,11,13,21H,6-7,9-10H2,1-3H3,(H,19,22)/t13-/m0/s1. The molecule has 8 heteroatoms. The summed E-state index contributed by atoms with van der Waals surface area (Å²) in [5.74, 6) is 2.06. The van der Waals surface area contributed by atoms with E-state index in [1.54, 1.807) is 26.0 Å². The highest BCUT2D eigenvalue weighted by atomic mass is 32.2. The molecule has 0 aliphatic carbocycles. The maximum atomic E-state index is 12.2. The van der Waals surface area contributed by atoms with Crippen molar-refractivity contribution in [3.63, 3.8) is 0 Å². The van der Waals surface area contributed by atoms with E-state index in [9.17, 15) is 9.90 Å². The number of ether oxygens (including phenoxy) is 2. The zero-order valence-electron chi connectivity index (χ0n) is 15.2. The number of thioether (sulfide) groups is 1. The lowest BCUT2D eigenvalue weighted by Gasteiger charge is -2.15. The van der Waals surface area contributed by atoms with Gasteiger partial charge in [-0.05, 0) is 36.6 Å². The Hall–Kier alpha value is -1.77. The van der Waals surface area contributed by atoms with Gasteiger partial charge in [-0.25, -0.2) is 4.98 Å². The summed E-state index contributed by atoms with van der Waals surface area (Å²) in [5.41, 5.74) is 1.62. The summed E-state index contributed by atoms with van der Waals surface area (Å²) >= 11 is 3.17. The molecule has 1 atom stereocenters. The minimum atomic E-state index is -0.209. The molecule has 0 aliphatic heterocycles. The molecule has 0 aliphatic rings. The van der Waals surface area contributed by atoms with Crippen LogP contribution < -0.4 is 14.8 Å². The number of aliphatic hydroxyl groups excluding tert-OH is 1. The number of amides is 1. The number of rotatable bonds is 10. The number of hydrogen-bond acceptors (Lipinski definition) is 7. The molecule has 0 radical (unpaired) electrons. The second-order valence-corrected chi connectivity index (χ2v) is 7.46. The number of nitrogens with one attached hydrogen (secondary N) is 1. The zero-order chi connectivity index (χ0) is 18.9. The first-order chi connectivity index (χ1) is 12.6. The summed E-state index contributed by atoms with van der Waals surface area (Å²) in [6, 6.07) is 5.40. The van der Waals surface area contributed by atoms with Gasteiger partial charge in [-0.1, -0.05) is 0 Å². The maximum Gasteiger partial charge on any atom is 0.226 e. The third-order valence-corrected chi connectivity index (χ3v) is 5.36. The van der Waals surface area contributed by atoms with Crippen LogP contribution in [0.4, 0.5) is 0 Å². The van der Waals surface area contributed by atoms with Crippen LogP contribution in [0.3, 0.4) is 0 Å². The number of hydrogen-bond donors (Lipinski definition) is 2. The summed E-state index contributed by atoms with van der Waals surface area (Å²) in [7, 11) is 3.18. The van der Waals surface area contributed by atoms with Crippen LogP contribution in [0.25, 0.3) is 10.6 Å². The highest BCUT2D eigenvalue weighted by Gasteiger charge is 2.14. The van der Waals surface area contributed by atoms with Gasteiger partial charge < -0.3 is 19.9 Å². The first kappa shape index (κ1) is 20.5. The van der Waals surface area contributed by atoms with Crippen molar-refractivity contribution < 1.29 is 19.4 Å². The lowest BCUT2D eigenvalue weighted by atomic mass is 10.2. The summed E-state index contributed by atoms with van der Waals surface area (Å²) < 4.78 is 10.6. The normalized spacial score (nSPS) is 11.8. The average molecular weight is 397 g/mol. The predicted octanol–water partition coefficient (Wildman–Crippen LogP) is 2.60. The van der Waals surface area contributed by atoms with Crippen LogP contribution in [-0.2, 0) is 11.2 Å². The number of benzene rings is 1. The fraction of sp³-hybridized carbons (Fsp3) is 0.444. The molecule has 26 heavy (non-hydrogen) atoms. The van der Waals surface area contributed by atoms with E-state index in [0.717, 1.165) is 22.7 Å². The van der Waals surface area contributed by atoms with Crippen molar-refractivity contribution in [3.05, 3.63) is 29.3 Å². The van der Waals surface area contributed by atoms with Crippen LogP contribution in [0.2, 0.25) is 0 Å². The second kappa shape index (κ2) is 10.4. The lowest BCUT2D eigenvalue weighted by molar-refractivity contribution is -0.121. The first-order valence-corrected chi connectivity index (χ1v) is 10.4. The Kier molecular flexibility index (Phi) is 8.21. The highest BCUT2D eigenvalue weighted by Crippen LogP contribution is 2.33. The largest absolute Gasteiger partial charge is 0.493 e. The summed E-state index contributed by atoms with van der Waals surface area (Å²) in [4.78, 5) is 16.7. The molecule has 0 saturated heterocycles. The van der Waals surface area contributed by atoms with Gasteiger partial charge in [-0.3, -0.25) is 4.79 Å². The van der Waals surface area contributed by atoms with Crippen molar-refractivity contribution >= 4 is 29.0 Å². The zero-order valence-corrected chi connectivity index (χ0v) is 16.8. The van der Waals surface area contributed by atoms with Gasteiger partial charge in [0.1, 0.15) is 5.01 Å². The fourth-order valence-corrected chi connectivity index (χ4v) is 3.74. The molecule has 1 aromatic heterocycles. The Morgan fingerprint density at radius 3 is 2.77 bits per heavy atom. The Morgan fingerprint density at radius 2 is 2.12 bits per heavy atom. The Labute approximate surface area is 161 Å². The topological polar surface area (TPSA) is 80.7 Å². The molecule has 2 N–H and O–H groups in total. The lowest BCUT2D eigenvalue weighted by Crippen LogP contribution is -2.38. The molecule has 0 unspecified atom stereocenters. The van der Waals surface area contributed by atoms with Gasteiger partial charge in [-0.15, -0.1) is 11.3 Å². The van der Waals surface area contributed by atoms with Crippen molar-refractivity contribution in [1.82, 2.24) is 10.3 Å². The van der Waals surface area contributed by atoms with Crippen molar-refractivity contribution in [2.75, 3.05) is 32.8 Å². The summed E-state index contributed by atoms with van der Waals surface area (Å²) in [6.45, 7) is -0.0553. The number of carbonyl (C=O) groups excluding carboxylic acids is 1. The smallest absolute Gasteiger partial charge is 0.226 e. The van der Waals surface area contributed by atoms with Crippen molar-refractivity contribution in [2.24, 2.45) is 0 Å². The van der Waals surface area contributed by atoms with Gasteiger partial charge in [-0.2, -0.15) is 11.8 Å². The predicted molar refractivity (Wildman–Crippen MR) is 106 cm³/mol. The number of aliphatic hydroxyl groups is 1.